The number of aryl methyl sites for hydroxylation is 1. The normalized spacial score (nSPS) is 14.3. The molecule has 2 aliphatic carbocycles. The molecule has 113 valence electrons. The second-order valence-electron chi connectivity index (χ2n) is 5.90. The molecule has 0 spiro atoms. The van der Waals surface area contributed by atoms with Crippen molar-refractivity contribution in [3.63, 3.8) is 0 Å². The first kappa shape index (κ1) is 18.4. The van der Waals surface area contributed by atoms with Crippen molar-refractivity contribution >= 4 is 27.1 Å². The topological polar surface area (TPSA) is 0 Å². The molecule has 0 amide bonds. The molecule has 0 atom stereocenters. The van der Waals surface area contributed by atoms with E-state index in [2.05, 4.69) is 54.6 Å². The molecule has 0 aliphatic heterocycles. The molecule has 0 saturated carbocycles. The first-order valence-corrected chi connectivity index (χ1v) is 7.41. The van der Waals surface area contributed by atoms with Crippen LogP contribution in [-0.2, 0) is 34.6 Å². The summed E-state index contributed by atoms with van der Waals surface area (Å²) in [5.74, 6) is 0. The smallest absolute Gasteiger partial charge is 1.00 e. The summed E-state index contributed by atoms with van der Waals surface area (Å²) in [4.78, 5) is 0. The van der Waals surface area contributed by atoms with Gasteiger partial charge in [-0.1, -0.05) is 54.5 Å². The monoisotopic (exact) mass is 373 g/mol. The zero-order valence-electron chi connectivity index (χ0n) is 12.6. The summed E-state index contributed by atoms with van der Waals surface area (Å²) in [6, 6.07) is 13.6. The molecule has 3 aromatic carbocycles. The van der Waals surface area contributed by atoms with Crippen LogP contribution in [0.1, 0.15) is 23.1 Å². The van der Waals surface area contributed by atoms with Crippen molar-refractivity contribution in [2.45, 2.75) is 19.3 Å². The second-order valence-corrected chi connectivity index (χ2v) is 5.90. The minimum absolute atomic E-state index is 0. The predicted molar refractivity (Wildman–Crippen MR) is 86.2 cm³/mol. The van der Waals surface area contributed by atoms with Crippen LogP contribution >= 0.6 is 0 Å². The van der Waals surface area contributed by atoms with Gasteiger partial charge in [0.2, 0.25) is 0 Å². The Morgan fingerprint density at radius 2 is 1.70 bits per heavy atom. The third-order valence-electron chi connectivity index (χ3n) is 4.89. The number of allylic oxidation sites excluding steroid dienone is 4. The van der Waals surface area contributed by atoms with E-state index in [4.69, 9.17) is 0 Å². The van der Waals surface area contributed by atoms with Gasteiger partial charge in [-0.3, -0.25) is 0 Å². The molecule has 3 aromatic rings. The predicted octanol–water partition coefficient (Wildman–Crippen LogP) is -0.841. The maximum Gasteiger partial charge on any atom is 3.00 e. The number of benzene rings is 2. The molecule has 0 unspecified atom stereocenters. The fraction of sp³-hybridized carbons (Fsp3) is 0.150. The molecule has 0 bridgehead atoms. The van der Waals surface area contributed by atoms with Crippen molar-refractivity contribution in [1.29, 1.82) is 0 Å². The van der Waals surface area contributed by atoms with Gasteiger partial charge in [-0.15, -0.1) is 39.2 Å². The summed E-state index contributed by atoms with van der Waals surface area (Å²) in [6.45, 7) is 0. The summed E-state index contributed by atoms with van der Waals surface area (Å²) in [6.07, 6.45) is 10.3. The Labute approximate surface area is 163 Å². The van der Waals surface area contributed by atoms with Gasteiger partial charge < -0.3 is 24.8 Å². The molecular formula is C20H15Cl2Ti. The van der Waals surface area contributed by atoms with Crippen molar-refractivity contribution in [2.24, 2.45) is 0 Å². The fourth-order valence-electron chi connectivity index (χ4n) is 3.79. The van der Waals surface area contributed by atoms with Gasteiger partial charge in [-0.25, -0.2) is 0 Å². The van der Waals surface area contributed by atoms with Crippen LogP contribution in [0.5, 0.6) is 0 Å². The van der Waals surface area contributed by atoms with E-state index in [1.165, 1.54) is 45.5 Å². The average molecular weight is 374 g/mol. The molecule has 0 saturated heterocycles. The molecule has 3 heteroatoms. The molecule has 23 heavy (non-hydrogen) atoms. The van der Waals surface area contributed by atoms with Crippen LogP contribution in [0, 0.1) is 0 Å². The van der Waals surface area contributed by atoms with Gasteiger partial charge in [0.25, 0.3) is 0 Å². The zero-order chi connectivity index (χ0) is 13.1. The average Bonchev–Trinajstić information content (AvgIpc) is 3.05. The van der Waals surface area contributed by atoms with E-state index in [0.29, 0.717) is 0 Å². The van der Waals surface area contributed by atoms with E-state index in [1.807, 2.05) is 0 Å². The summed E-state index contributed by atoms with van der Waals surface area (Å²) in [5, 5.41) is 5.72. The van der Waals surface area contributed by atoms with Crippen LogP contribution in [0.15, 0.2) is 54.6 Å². The molecule has 0 N–H and O–H groups in total. The number of hydrogen-bond acceptors (Lipinski definition) is 0. The summed E-state index contributed by atoms with van der Waals surface area (Å²) in [5.41, 5.74) is 6.19. The molecule has 0 aromatic heterocycles. The van der Waals surface area contributed by atoms with Crippen molar-refractivity contribution in [3.8, 4) is 0 Å². The molecule has 0 heterocycles. The van der Waals surface area contributed by atoms with Gasteiger partial charge in [0.15, 0.2) is 0 Å². The van der Waals surface area contributed by atoms with Crippen LogP contribution in [0.4, 0.5) is 0 Å². The van der Waals surface area contributed by atoms with Gasteiger partial charge >= 0.3 is 21.7 Å². The van der Waals surface area contributed by atoms with Crippen LogP contribution in [0.25, 0.3) is 27.1 Å². The first-order chi connectivity index (χ1) is 9.92. The van der Waals surface area contributed by atoms with Gasteiger partial charge in [-0.05, 0) is 24.0 Å². The molecule has 0 nitrogen and oxygen atoms in total. The Kier molecular flexibility index (Phi) is 5.53. The van der Waals surface area contributed by atoms with Gasteiger partial charge in [0, 0.05) is 0 Å². The Hall–Kier alpha value is -0.916. The molecule has 1 radical (unpaired) electrons. The number of rotatable bonds is 1. The van der Waals surface area contributed by atoms with Gasteiger partial charge in [0.05, 0.1) is 0 Å². The summed E-state index contributed by atoms with van der Waals surface area (Å²) in [7, 11) is 0. The minimum Gasteiger partial charge on any atom is -1.00 e. The molecule has 2 aliphatic rings. The first-order valence-electron chi connectivity index (χ1n) is 7.41. The molecular weight excluding hydrogens is 359 g/mol. The summed E-state index contributed by atoms with van der Waals surface area (Å²) >= 11 is 0. The maximum atomic E-state index is 2.44. The van der Waals surface area contributed by atoms with E-state index in [-0.39, 0.29) is 46.5 Å². The number of fused-ring (bicyclic) bond motifs is 5. The largest absolute Gasteiger partial charge is 3.00 e. The van der Waals surface area contributed by atoms with Crippen molar-refractivity contribution in [1.82, 2.24) is 0 Å². The Bertz CT molecular complexity index is 932. The van der Waals surface area contributed by atoms with E-state index in [1.54, 1.807) is 11.1 Å². The van der Waals surface area contributed by atoms with E-state index >= 15 is 0 Å². The van der Waals surface area contributed by atoms with Crippen LogP contribution in [0.2, 0.25) is 0 Å². The third-order valence-corrected chi connectivity index (χ3v) is 4.89. The van der Waals surface area contributed by atoms with Crippen molar-refractivity contribution < 1.29 is 46.5 Å². The quantitative estimate of drug-likeness (QED) is 0.385. The Balaban J connectivity index is 0.000000640. The summed E-state index contributed by atoms with van der Waals surface area (Å²) < 4.78 is 0. The van der Waals surface area contributed by atoms with E-state index < -0.39 is 0 Å². The van der Waals surface area contributed by atoms with Crippen molar-refractivity contribution in [3.05, 3.63) is 71.3 Å². The van der Waals surface area contributed by atoms with Gasteiger partial charge in [0.1, 0.15) is 0 Å². The number of halogens is 2. The zero-order valence-corrected chi connectivity index (χ0v) is 15.6. The molecule has 0 fully saturated rings. The maximum absolute atomic E-state index is 2.44. The van der Waals surface area contributed by atoms with Crippen LogP contribution in [-0.4, -0.2) is 0 Å². The van der Waals surface area contributed by atoms with Crippen LogP contribution < -0.4 is 24.8 Å². The Morgan fingerprint density at radius 1 is 0.913 bits per heavy atom. The van der Waals surface area contributed by atoms with E-state index in [0.717, 1.165) is 6.42 Å². The van der Waals surface area contributed by atoms with Gasteiger partial charge in [-0.2, -0.15) is 0 Å². The number of hydrogen-bond donors (Lipinski definition) is 0. The third kappa shape index (κ3) is 2.63. The Morgan fingerprint density at radius 3 is 2.39 bits per heavy atom. The second kappa shape index (κ2) is 6.91. The fourth-order valence-corrected chi connectivity index (χ4v) is 3.79. The van der Waals surface area contributed by atoms with Crippen LogP contribution in [0.3, 0.4) is 0 Å². The van der Waals surface area contributed by atoms with E-state index in [9.17, 15) is 0 Å². The molecule has 5 rings (SSSR count). The standard InChI is InChI=1S/C20H15.2ClH.Ti/c1-2-6-13(5-1)18-12-20-15-8-4-3-7-14(15)11-19(20)17-10-9-16(17)18;;;/h1-5,7-8,11-12H,6,9-10H2;2*1H;/q-1;;;+3/p-2. The van der Waals surface area contributed by atoms with Crippen molar-refractivity contribution in [2.75, 3.05) is 0 Å². The SMILES string of the molecule is C1=CCC(c2cc3c([cH-]c4ccccc43)c3c2CC3)=C1.[Cl-].[Cl-].[Ti+3]. The minimum atomic E-state index is 0.